The molecule has 0 radical (unpaired) electrons. The van der Waals surface area contributed by atoms with Gasteiger partial charge in [-0.25, -0.2) is 0 Å². The minimum atomic E-state index is -3.48. The van der Waals surface area contributed by atoms with Gasteiger partial charge in [0.15, 0.2) is 5.85 Å². The third-order valence-electron chi connectivity index (χ3n) is 3.95. The molecule has 2 aromatic carbocycles. The van der Waals surface area contributed by atoms with Crippen LogP contribution in [0, 0.1) is 0 Å². The van der Waals surface area contributed by atoms with Gasteiger partial charge in [0, 0.05) is 25.1 Å². The molecule has 136 valence electrons. The number of benzene rings is 2. The van der Waals surface area contributed by atoms with E-state index in [1.54, 1.807) is 43.5 Å². The van der Waals surface area contributed by atoms with E-state index in [4.69, 9.17) is 9.26 Å². The normalized spacial score (nSPS) is 14.6. The first-order valence-corrected chi connectivity index (χ1v) is 9.96. The van der Waals surface area contributed by atoms with Crippen molar-refractivity contribution in [3.05, 3.63) is 54.1 Å². The highest BCUT2D eigenvalue weighted by Gasteiger charge is 2.36. The van der Waals surface area contributed by atoms with Crippen LogP contribution in [0.25, 0.3) is 0 Å². The summed E-state index contributed by atoms with van der Waals surface area (Å²) in [6.07, 6.45) is 0.717. The van der Waals surface area contributed by atoms with Gasteiger partial charge in [0.25, 0.3) is 7.37 Å². The lowest BCUT2D eigenvalue weighted by molar-refractivity contribution is 0.214. The monoisotopic (exact) mass is 363 g/mol. The topological polar surface area (TPSA) is 59.0 Å². The van der Waals surface area contributed by atoms with E-state index in [0.29, 0.717) is 23.2 Å². The van der Waals surface area contributed by atoms with Gasteiger partial charge in [0.05, 0.1) is 13.7 Å². The van der Waals surface area contributed by atoms with E-state index in [-0.39, 0.29) is 0 Å². The Morgan fingerprint density at radius 1 is 1.08 bits per heavy atom. The summed E-state index contributed by atoms with van der Waals surface area (Å²) in [5.74, 6) is -0.550. The predicted molar refractivity (Wildman–Crippen MR) is 102 cm³/mol. The smallest absolute Gasteiger partial charge is 0.264 e. The Kier molecular flexibility index (Phi) is 6.65. The highest BCUT2D eigenvalue weighted by Crippen LogP contribution is 2.57. The van der Waals surface area contributed by atoms with E-state index in [2.05, 4.69) is 0 Å². The Bertz CT molecular complexity index is 713. The Morgan fingerprint density at radius 2 is 1.68 bits per heavy atom. The summed E-state index contributed by atoms with van der Waals surface area (Å²) >= 11 is 0. The standard InChI is InChI=1S/C19H26NO4P/c1-5-14-24-25(22,18-12-8-16(9-13-18)20(2)3)19(21)15-6-10-17(23-4)11-7-15/h6-13,19,21H,5,14H2,1-4H3/t19-,25+/m0/s1. The molecule has 0 amide bonds. The molecule has 0 heterocycles. The quantitative estimate of drug-likeness (QED) is 0.723. The van der Waals surface area contributed by atoms with Crippen LogP contribution >= 0.6 is 7.37 Å². The fourth-order valence-electron chi connectivity index (χ4n) is 2.44. The molecule has 0 aliphatic heterocycles. The van der Waals surface area contributed by atoms with Gasteiger partial charge >= 0.3 is 0 Å². The molecule has 0 unspecified atom stereocenters. The van der Waals surface area contributed by atoms with Crippen LogP contribution in [-0.2, 0) is 9.09 Å². The van der Waals surface area contributed by atoms with Crippen molar-refractivity contribution in [2.24, 2.45) is 0 Å². The Labute approximate surface area is 149 Å². The van der Waals surface area contributed by atoms with Crippen LogP contribution in [-0.4, -0.2) is 32.9 Å². The van der Waals surface area contributed by atoms with Gasteiger partial charge in [-0.3, -0.25) is 4.57 Å². The zero-order valence-electron chi connectivity index (χ0n) is 15.2. The highest BCUT2D eigenvalue weighted by atomic mass is 31.2. The maximum absolute atomic E-state index is 13.6. The Morgan fingerprint density at radius 3 is 2.16 bits per heavy atom. The molecule has 2 atom stereocenters. The molecule has 0 aromatic heterocycles. The largest absolute Gasteiger partial charge is 0.497 e. The maximum atomic E-state index is 13.6. The van der Waals surface area contributed by atoms with Gasteiger partial charge in [-0.1, -0.05) is 19.1 Å². The molecule has 0 saturated heterocycles. The molecule has 5 nitrogen and oxygen atoms in total. The molecule has 0 spiro atoms. The van der Waals surface area contributed by atoms with Crippen molar-refractivity contribution in [1.82, 2.24) is 0 Å². The molecule has 2 aromatic rings. The van der Waals surface area contributed by atoms with E-state index in [1.165, 1.54) is 0 Å². The molecule has 6 heteroatoms. The summed E-state index contributed by atoms with van der Waals surface area (Å²) in [5, 5.41) is 11.3. The number of aliphatic hydroxyl groups excluding tert-OH is 1. The lowest BCUT2D eigenvalue weighted by Crippen LogP contribution is -2.16. The van der Waals surface area contributed by atoms with E-state index < -0.39 is 13.2 Å². The lowest BCUT2D eigenvalue weighted by Gasteiger charge is -2.25. The first-order valence-electron chi connectivity index (χ1n) is 8.26. The van der Waals surface area contributed by atoms with Gasteiger partial charge in [-0.15, -0.1) is 0 Å². The molecular formula is C19H26NO4P. The summed E-state index contributed by atoms with van der Waals surface area (Å²) in [7, 11) is 1.98. The number of methoxy groups -OCH3 is 1. The zero-order valence-corrected chi connectivity index (χ0v) is 16.1. The van der Waals surface area contributed by atoms with Gasteiger partial charge < -0.3 is 19.3 Å². The van der Waals surface area contributed by atoms with E-state index in [9.17, 15) is 9.67 Å². The Hall–Kier alpha value is -1.81. The number of anilines is 1. The average molecular weight is 363 g/mol. The highest BCUT2D eigenvalue weighted by molar-refractivity contribution is 7.67. The molecular weight excluding hydrogens is 337 g/mol. The SMILES string of the molecule is CCCO[P@](=O)(c1ccc(N(C)C)cc1)[C@H](O)c1ccc(OC)cc1. The summed E-state index contributed by atoms with van der Waals surface area (Å²) in [4.78, 5) is 1.96. The predicted octanol–water partition coefficient (Wildman–Crippen LogP) is 3.78. The van der Waals surface area contributed by atoms with Crippen LogP contribution in [0.5, 0.6) is 5.75 Å². The number of hydrogen-bond acceptors (Lipinski definition) is 5. The average Bonchev–Trinajstić information content (AvgIpc) is 2.65. The van der Waals surface area contributed by atoms with Crippen molar-refractivity contribution in [2.75, 3.05) is 32.7 Å². The van der Waals surface area contributed by atoms with Gasteiger partial charge in [0.2, 0.25) is 0 Å². The number of rotatable bonds is 8. The van der Waals surface area contributed by atoms with Crippen LogP contribution in [0.2, 0.25) is 0 Å². The minimum Gasteiger partial charge on any atom is -0.497 e. The van der Waals surface area contributed by atoms with E-state index >= 15 is 0 Å². The number of ether oxygens (including phenoxy) is 1. The van der Waals surface area contributed by atoms with Crippen molar-refractivity contribution in [1.29, 1.82) is 0 Å². The van der Waals surface area contributed by atoms with Gasteiger partial charge in [-0.05, 0) is 48.4 Å². The summed E-state index contributed by atoms with van der Waals surface area (Å²) in [6.45, 7) is 2.26. The van der Waals surface area contributed by atoms with Gasteiger partial charge in [-0.2, -0.15) is 0 Å². The third-order valence-corrected chi connectivity index (χ3v) is 6.48. The molecule has 0 fully saturated rings. The second-order valence-corrected chi connectivity index (χ2v) is 8.45. The molecule has 0 aliphatic rings. The van der Waals surface area contributed by atoms with Crippen LogP contribution in [0.15, 0.2) is 48.5 Å². The summed E-state index contributed by atoms with van der Waals surface area (Å²) < 4.78 is 24.4. The molecule has 25 heavy (non-hydrogen) atoms. The number of nitrogens with zero attached hydrogens (tertiary/aromatic N) is 1. The third kappa shape index (κ3) is 4.43. The van der Waals surface area contributed by atoms with Crippen molar-refractivity contribution in [2.45, 2.75) is 19.2 Å². The van der Waals surface area contributed by atoms with Crippen LogP contribution < -0.4 is 14.9 Å². The van der Waals surface area contributed by atoms with Gasteiger partial charge in [0.1, 0.15) is 5.75 Å². The second-order valence-electron chi connectivity index (χ2n) is 5.99. The van der Waals surface area contributed by atoms with Crippen molar-refractivity contribution >= 4 is 18.4 Å². The number of hydrogen-bond donors (Lipinski definition) is 1. The molecule has 0 bridgehead atoms. The van der Waals surface area contributed by atoms with Crippen molar-refractivity contribution in [3.63, 3.8) is 0 Å². The fourth-order valence-corrected chi connectivity index (χ4v) is 4.60. The van der Waals surface area contributed by atoms with Crippen LogP contribution in [0.1, 0.15) is 24.8 Å². The van der Waals surface area contributed by atoms with Crippen LogP contribution in [0.4, 0.5) is 5.69 Å². The maximum Gasteiger partial charge on any atom is 0.264 e. The second kappa shape index (κ2) is 8.52. The molecule has 1 N–H and O–H groups in total. The summed E-state index contributed by atoms with van der Waals surface area (Å²) in [5.41, 5.74) is 1.53. The molecule has 0 saturated carbocycles. The zero-order chi connectivity index (χ0) is 18.4. The van der Waals surface area contributed by atoms with Crippen molar-refractivity contribution in [3.8, 4) is 5.75 Å². The number of aliphatic hydroxyl groups is 1. The van der Waals surface area contributed by atoms with E-state index in [1.807, 2.05) is 38.1 Å². The molecule has 0 aliphatic carbocycles. The lowest BCUT2D eigenvalue weighted by atomic mass is 10.2. The molecule has 2 rings (SSSR count). The fraction of sp³-hybridized carbons (Fsp3) is 0.368. The Balaban J connectivity index is 2.39. The summed E-state index contributed by atoms with van der Waals surface area (Å²) in [6, 6.07) is 14.2. The van der Waals surface area contributed by atoms with E-state index in [0.717, 1.165) is 12.1 Å². The first-order chi connectivity index (χ1) is 11.9. The minimum absolute atomic E-state index is 0.319. The first kappa shape index (κ1) is 19.5. The van der Waals surface area contributed by atoms with Crippen LogP contribution in [0.3, 0.4) is 0 Å². The van der Waals surface area contributed by atoms with Crippen molar-refractivity contribution < 1.29 is 18.9 Å².